The molecule has 1 saturated carbocycles. The number of likely N-dealkylation sites (N-methyl/N-ethyl adjacent to an activating group) is 1. The number of nitrogens with zero attached hydrogens (tertiary/aromatic N) is 3. The fraction of sp³-hybridized carbons (Fsp3) is 0.583. The van der Waals surface area contributed by atoms with Gasteiger partial charge in [-0.25, -0.2) is 0 Å². The largest absolute Gasteiger partial charge is 0.502 e. The minimum Gasteiger partial charge on any atom is -0.502 e. The van der Waals surface area contributed by atoms with E-state index >= 15 is 0 Å². The highest BCUT2D eigenvalue weighted by Gasteiger charge is 2.38. The topological polar surface area (TPSA) is 58.4 Å². The van der Waals surface area contributed by atoms with Crippen molar-refractivity contribution in [2.24, 2.45) is 0 Å². The van der Waals surface area contributed by atoms with E-state index in [2.05, 4.69) is 32.7 Å². The van der Waals surface area contributed by atoms with Crippen LogP contribution in [-0.4, -0.2) is 33.1 Å². The van der Waals surface area contributed by atoms with Crippen molar-refractivity contribution >= 4 is 0 Å². The molecule has 29 heavy (non-hydrogen) atoms. The fourth-order valence-electron chi connectivity index (χ4n) is 5.79. The number of hydrogen-bond acceptors (Lipinski definition) is 4. The first-order valence-corrected chi connectivity index (χ1v) is 11.2. The zero-order chi connectivity index (χ0) is 20.0. The monoisotopic (exact) mass is 393 g/mol. The normalized spacial score (nSPS) is 21.0. The van der Waals surface area contributed by atoms with Crippen LogP contribution < -0.4 is 5.56 Å². The van der Waals surface area contributed by atoms with Crippen molar-refractivity contribution in [1.29, 1.82) is 0 Å². The minimum atomic E-state index is -0.472. The van der Waals surface area contributed by atoms with Crippen LogP contribution >= 0.6 is 0 Å². The number of fused-ring (bicyclic) bond motifs is 2. The summed E-state index contributed by atoms with van der Waals surface area (Å²) in [6, 6.07) is 7.16. The van der Waals surface area contributed by atoms with Crippen LogP contribution in [0.5, 0.6) is 5.75 Å². The summed E-state index contributed by atoms with van der Waals surface area (Å²) < 4.78 is 2.12. The Labute approximate surface area is 172 Å². The van der Waals surface area contributed by atoms with E-state index in [9.17, 15) is 9.90 Å². The lowest BCUT2D eigenvalue weighted by molar-refractivity contribution is 0.248. The van der Waals surface area contributed by atoms with Crippen LogP contribution in [0.2, 0.25) is 0 Å². The molecule has 0 amide bonds. The van der Waals surface area contributed by atoms with Gasteiger partial charge in [-0.15, -0.1) is 0 Å². The Balaban J connectivity index is 1.56. The average molecular weight is 394 g/mol. The molecule has 2 heterocycles. The highest BCUT2D eigenvalue weighted by molar-refractivity contribution is 5.39. The first-order valence-electron chi connectivity index (χ1n) is 11.2. The number of hydrogen-bond donors (Lipinski definition) is 1. The van der Waals surface area contributed by atoms with Crippen LogP contribution in [0.4, 0.5) is 0 Å². The third-order valence-corrected chi connectivity index (χ3v) is 7.49. The predicted octanol–water partition coefficient (Wildman–Crippen LogP) is 3.33. The maximum atomic E-state index is 12.4. The van der Waals surface area contributed by atoms with Crippen molar-refractivity contribution in [3.05, 3.63) is 56.8 Å². The Hall–Kier alpha value is -2.14. The molecule has 0 unspecified atom stereocenters. The lowest BCUT2D eigenvalue weighted by Crippen LogP contribution is -2.37. The van der Waals surface area contributed by atoms with Crippen molar-refractivity contribution in [2.45, 2.75) is 76.3 Å². The van der Waals surface area contributed by atoms with Crippen LogP contribution in [0.1, 0.15) is 66.7 Å². The van der Waals surface area contributed by atoms with Crippen molar-refractivity contribution in [1.82, 2.24) is 14.5 Å². The van der Waals surface area contributed by atoms with Crippen molar-refractivity contribution in [3.8, 4) is 5.75 Å². The maximum absolute atomic E-state index is 12.4. The van der Waals surface area contributed by atoms with E-state index in [1.54, 1.807) is 0 Å². The second-order valence-corrected chi connectivity index (χ2v) is 9.37. The standard InChI is InChI=1S/C24H31N3O2/c1-26-12-13-27-20(16-26)22(28)23(29)25-21(27)15-24(10-4-5-11-24)19-9-8-17-6-2-3-7-18(17)14-19/h8-9,14,28H,2-7,10-13,15-16H2,1H3. The van der Waals surface area contributed by atoms with Crippen LogP contribution in [0.15, 0.2) is 23.0 Å². The van der Waals surface area contributed by atoms with E-state index < -0.39 is 5.56 Å². The van der Waals surface area contributed by atoms with Crippen molar-refractivity contribution < 1.29 is 5.11 Å². The summed E-state index contributed by atoms with van der Waals surface area (Å²) in [4.78, 5) is 18.9. The summed E-state index contributed by atoms with van der Waals surface area (Å²) in [7, 11) is 2.03. The molecule has 1 aromatic carbocycles. The molecule has 2 aliphatic carbocycles. The molecule has 154 valence electrons. The van der Waals surface area contributed by atoms with Gasteiger partial charge in [-0.05, 0) is 62.3 Å². The molecule has 0 saturated heterocycles. The maximum Gasteiger partial charge on any atom is 0.315 e. The number of benzene rings is 1. The van der Waals surface area contributed by atoms with Gasteiger partial charge in [-0.3, -0.25) is 9.69 Å². The average Bonchev–Trinajstić information content (AvgIpc) is 3.21. The molecule has 0 spiro atoms. The van der Waals surface area contributed by atoms with Gasteiger partial charge >= 0.3 is 5.56 Å². The van der Waals surface area contributed by atoms with Gasteiger partial charge in [0.15, 0.2) is 0 Å². The molecule has 1 aromatic heterocycles. The SMILES string of the molecule is CN1CCn2c(CC3(c4ccc5c(c4)CCCC5)CCCC3)nc(=O)c(O)c2C1. The number of aryl methyl sites for hydroxylation is 2. The Kier molecular flexibility index (Phi) is 4.73. The van der Waals surface area contributed by atoms with Crippen molar-refractivity contribution in [3.63, 3.8) is 0 Å². The highest BCUT2D eigenvalue weighted by atomic mass is 16.3. The summed E-state index contributed by atoms with van der Waals surface area (Å²) in [6.07, 6.45) is 10.5. The predicted molar refractivity (Wildman–Crippen MR) is 113 cm³/mol. The smallest absolute Gasteiger partial charge is 0.315 e. The molecular weight excluding hydrogens is 362 g/mol. The molecule has 5 nitrogen and oxygen atoms in total. The van der Waals surface area contributed by atoms with Gasteiger partial charge in [0.2, 0.25) is 5.75 Å². The van der Waals surface area contributed by atoms with E-state index in [1.165, 1.54) is 55.2 Å². The molecule has 3 aliphatic rings. The van der Waals surface area contributed by atoms with Gasteiger partial charge in [0.05, 0.1) is 5.69 Å². The molecule has 0 radical (unpaired) electrons. The summed E-state index contributed by atoms with van der Waals surface area (Å²) >= 11 is 0. The van der Waals surface area contributed by atoms with Crippen LogP contribution in [0.3, 0.4) is 0 Å². The van der Waals surface area contributed by atoms with E-state index in [0.29, 0.717) is 6.54 Å². The third kappa shape index (κ3) is 3.29. The van der Waals surface area contributed by atoms with Crippen LogP contribution in [-0.2, 0) is 37.8 Å². The fourth-order valence-corrected chi connectivity index (χ4v) is 5.79. The summed E-state index contributed by atoms with van der Waals surface area (Å²) in [5.41, 5.74) is 4.80. The number of aromatic nitrogens is 2. The molecule has 1 N–H and O–H groups in total. The molecule has 1 fully saturated rings. The highest BCUT2D eigenvalue weighted by Crippen LogP contribution is 2.44. The zero-order valence-corrected chi connectivity index (χ0v) is 17.4. The van der Waals surface area contributed by atoms with Gasteiger partial charge in [0, 0.05) is 31.5 Å². The van der Waals surface area contributed by atoms with Gasteiger partial charge in [-0.2, -0.15) is 4.98 Å². The zero-order valence-electron chi connectivity index (χ0n) is 17.4. The second-order valence-electron chi connectivity index (χ2n) is 9.37. The van der Waals surface area contributed by atoms with Gasteiger partial charge < -0.3 is 9.67 Å². The molecule has 0 atom stereocenters. The molecule has 5 rings (SSSR count). The van der Waals surface area contributed by atoms with E-state index in [1.807, 2.05) is 7.05 Å². The minimum absolute atomic E-state index is 0.0625. The van der Waals surface area contributed by atoms with E-state index in [-0.39, 0.29) is 11.2 Å². The van der Waals surface area contributed by atoms with E-state index in [0.717, 1.165) is 43.9 Å². The Morgan fingerprint density at radius 2 is 1.83 bits per heavy atom. The summed E-state index contributed by atoms with van der Waals surface area (Å²) in [5, 5.41) is 10.3. The van der Waals surface area contributed by atoms with Gasteiger partial charge in [-0.1, -0.05) is 31.0 Å². The first kappa shape index (κ1) is 18.9. The van der Waals surface area contributed by atoms with E-state index in [4.69, 9.17) is 0 Å². The molecule has 0 bridgehead atoms. The lowest BCUT2D eigenvalue weighted by Gasteiger charge is -2.34. The molecule has 2 aromatic rings. The Morgan fingerprint density at radius 1 is 1.07 bits per heavy atom. The molecule has 1 aliphatic heterocycles. The quantitative estimate of drug-likeness (QED) is 0.869. The molecule has 5 heteroatoms. The van der Waals surface area contributed by atoms with Crippen LogP contribution in [0, 0.1) is 0 Å². The first-order chi connectivity index (χ1) is 14.1. The van der Waals surface area contributed by atoms with Crippen molar-refractivity contribution in [2.75, 3.05) is 13.6 Å². The van der Waals surface area contributed by atoms with Crippen LogP contribution in [0.25, 0.3) is 0 Å². The number of rotatable bonds is 3. The Bertz CT molecular complexity index is 988. The number of aromatic hydroxyl groups is 1. The summed E-state index contributed by atoms with van der Waals surface area (Å²) in [6.45, 7) is 2.29. The lowest BCUT2D eigenvalue weighted by atomic mass is 9.74. The molecular formula is C24H31N3O2. The summed E-state index contributed by atoms with van der Waals surface area (Å²) in [5.74, 6) is 0.685. The third-order valence-electron chi connectivity index (χ3n) is 7.49. The second kappa shape index (κ2) is 7.28. The van der Waals surface area contributed by atoms with Gasteiger partial charge in [0.1, 0.15) is 5.82 Å². The van der Waals surface area contributed by atoms with Gasteiger partial charge in [0.25, 0.3) is 0 Å². The Morgan fingerprint density at radius 3 is 2.62 bits per heavy atom.